The van der Waals surface area contributed by atoms with E-state index in [0.29, 0.717) is 16.5 Å². The fourth-order valence-electron chi connectivity index (χ4n) is 6.82. The maximum absolute atomic E-state index is 13.5. The number of aliphatic carboxylic acids is 1. The molecule has 0 aromatic rings. The quantitative estimate of drug-likeness (QED) is 0.0190. The average Bonchev–Trinajstić information content (AvgIpc) is 3.33. The number of hydrogen-bond acceptors (Lipinski definition) is 15. The van der Waals surface area contributed by atoms with Crippen LogP contribution in [0, 0.1) is 0 Å². The number of carboxylic acid groups (broad SMARTS) is 1. The van der Waals surface area contributed by atoms with Crippen LogP contribution in [0.2, 0.25) is 0 Å². The topological polar surface area (TPSA) is 383 Å². The Bertz CT molecular complexity index is 1640. The second-order valence-corrected chi connectivity index (χ2v) is 16.4. The van der Waals surface area contributed by atoms with Gasteiger partial charge in [-0.3, -0.25) is 53.6 Å². The number of nitrogens with zero attached hydrogens (tertiary/aromatic N) is 2. The SMILES string of the molecule is CCCCCCCCCCCCCC(=O)N[C@H]1C(=O)N[C@H](C(=O)N[C@H](CO)C(=O)N[C@@H](CCCN(O)C(C)=O)C(=O)N[C@@H](CO)C(=O)N[C@@H](CCCN(O)C(C)=O)C(=O)O)CCNC(=O)[C@H]1O. The van der Waals surface area contributed by atoms with Crippen LogP contribution in [0.1, 0.15) is 130 Å². The van der Waals surface area contributed by atoms with E-state index in [-0.39, 0.29) is 58.2 Å². The van der Waals surface area contributed by atoms with Gasteiger partial charge in [0, 0.05) is 39.9 Å². The normalized spacial score (nSPS) is 17.9. The lowest BCUT2D eigenvalue weighted by atomic mass is 10.0. The smallest absolute Gasteiger partial charge is 0.326 e. The Morgan fingerprint density at radius 3 is 1.58 bits per heavy atom. The Morgan fingerprint density at radius 1 is 0.642 bits per heavy atom. The first-order valence-electron chi connectivity index (χ1n) is 22.9. The standard InChI is InChI=1S/C42H73N9O16/c1-4-5-6-7-8-9-10-11-12-13-14-19-33(56)49-34-35(57)41(63)43-21-20-29(45-40(34)62)37(59)48-31(24-52)38(60)44-28(17-15-22-50(66)26(2)54)36(58)47-32(25-53)39(61)46-30(42(64)65)18-16-23-51(67)27(3)55/h28-32,34-35,52-53,57,66-67H,4-25H2,1-3H3,(H,43,63)(H,44,60)(H,45,62)(H,46,61)(H,47,58)(H,48,59)(H,49,56)(H,64,65)/t28-,29-,30-,31+,32-,34+,35-/m0/s1. The minimum absolute atomic E-state index is 0.00852. The van der Waals surface area contributed by atoms with E-state index in [1.165, 1.54) is 32.1 Å². The predicted molar refractivity (Wildman–Crippen MR) is 235 cm³/mol. The van der Waals surface area contributed by atoms with Crippen LogP contribution in [0.5, 0.6) is 0 Å². The van der Waals surface area contributed by atoms with Gasteiger partial charge < -0.3 is 57.6 Å². The number of rotatable bonds is 32. The summed E-state index contributed by atoms with van der Waals surface area (Å²) in [5, 5.41) is 76.3. The first-order chi connectivity index (χ1) is 31.8. The number of amides is 9. The molecule has 0 radical (unpaired) electrons. The van der Waals surface area contributed by atoms with Crippen LogP contribution >= 0.6 is 0 Å². The Morgan fingerprint density at radius 2 is 1.09 bits per heavy atom. The maximum Gasteiger partial charge on any atom is 0.326 e. The van der Waals surface area contributed by atoms with E-state index in [9.17, 15) is 78.8 Å². The van der Waals surface area contributed by atoms with E-state index in [1.807, 2.05) is 0 Å². The van der Waals surface area contributed by atoms with Crippen molar-refractivity contribution in [2.45, 2.75) is 172 Å². The molecule has 1 aliphatic heterocycles. The molecule has 382 valence electrons. The van der Waals surface area contributed by atoms with Gasteiger partial charge in [0.1, 0.15) is 36.3 Å². The van der Waals surface area contributed by atoms with Crippen molar-refractivity contribution in [3.63, 3.8) is 0 Å². The molecule has 1 saturated heterocycles. The van der Waals surface area contributed by atoms with E-state index < -0.39 is 115 Å². The van der Waals surface area contributed by atoms with Gasteiger partial charge in [-0.1, -0.05) is 71.1 Å². The molecule has 13 N–H and O–H groups in total. The Kier molecular flexibility index (Phi) is 29.4. The van der Waals surface area contributed by atoms with Crippen molar-refractivity contribution < 1.29 is 78.8 Å². The molecule has 1 fully saturated rings. The van der Waals surface area contributed by atoms with Crippen LogP contribution in [-0.2, 0) is 47.9 Å². The van der Waals surface area contributed by atoms with Crippen molar-refractivity contribution in [1.29, 1.82) is 0 Å². The van der Waals surface area contributed by atoms with Crippen LogP contribution in [-0.4, -0.2) is 175 Å². The summed E-state index contributed by atoms with van der Waals surface area (Å²) in [7, 11) is 0. The molecule has 0 saturated carbocycles. The molecule has 25 nitrogen and oxygen atoms in total. The van der Waals surface area contributed by atoms with Gasteiger partial charge in [-0.05, 0) is 38.5 Å². The van der Waals surface area contributed by atoms with Crippen LogP contribution in [0.3, 0.4) is 0 Å². The van der Waals surface area contributed by atoms with Crippen LogP contribution in [0.25, 0.3) is 0 Å². The lowest BCUT2D eigenvalue weighted by Crippen LogP contribution is -2.61. The second-order valence-electron chi connectivity index (χ2n) is 16.4. The van der Waals surface area contributed by atoms with Gasteiger partial charge >= 0.3 is 5.97 Å². The fourth-order valence-corrected chi connectivity index (χ4v) is 6.82. The van der Waals surface area contributed by atoms with E-state index in [2.05, 4.69) is 44.1 Å². The number of unbranched alkanes of at least 4 members (excludes halogenated alkanes) is 10. The largest absolute Gasteiger partial charge is 0.480 e. The lowest BCUT2D eigenvalue weighted by molar-refractivity contribution is -0.163. The van der Waals surface area contributed by atoms with Crippen molar-refractivity contribution >= 4 is 59.1 Å². The molecule has 0 aromatic heterocycles. The summed E-state index contributed by atoms with van der Waals surface area (Å²) in [6, 6.07) is -10.1. The van der Waals surface area contributed by atoms with Gasteiger partial charge in [0.2, 0.25) is 47.3 Å². The first-order valence-corrected chi connectivity index (χ1v) is 22.9. The Balaban J connectivity index is 3.03. The number of carbonyl (C=O) groups excluding carboxylic acids is 9. The van der Waals surface area contributed by atoms with Gasteiger partial charge in [0.15, 0.2) is 6.10 Å². The highest BCUT2D eigenvalue weighted by molar-refractivity contribution is 5.99. The highest BCUT2D eigenvalue weighted by Gasteiger charge is 2.38. The minimum atomic E-state index is -2.03. The highest BCUT2D eigenvalue weighted by atomic mass is 16.5. The molecule has 67 heavy (non-hydrogen) atoms. The van der Waals surface area contributed by atoms with Crippen molar-refractivity contribution in [2.75, 3.05) is 32.8 Å². The van der Waals surface area contributed by atoms with E-state index >= 15 is 0 Å². The number of carbonyl (C=O) groups is 10. The molecule has 0 aliphatic carbocycles. The van der Waals surface area contributed by atoms with Gasteiger partial charge in [0.05, 0.1) is 13.2 Å². The lowest BCUT2D eigenvalue weighted by Gasteiger charge is -2.26. The number of carboxylic acids is 1. The summed E-state index contributed by atoms with van der Waals surface area (Å²) in [5.41, 5.74) is 0. The third-order valence-electron chi connectivity index (χ3n) is 10.9. The minimum Gasteiger partial charge on any atom is -0.480 e. The van der Waals surface area contributed by atoms with Crippen molar-refractivity contribution in [2.24, 2.45) is 0 Å². The molecule has 1 aliphatic rings. The number of aliphatic hydroxyl groups excluding tert-OH is 3. The third-order valence-corrected chi connectivity index (χ3v) is 10.9. The first kappa shape index (κ1) is 59.5. The number of hydrogen-bond donors (Lipinski definition) is 13. The van der Waals surface area contributed by atoms with Gasteiger partial charge in [-0.2, -0.15) is 0 Å². The summed E-state index contributed by atoms with van der Waals surface area (Å²) in [6.07, 6.45) is 8.36. The predicted octanol–water partition coefficient (Wildman–Crippen LogP) is -2.42. The Hall–Kier alpha value is -5.50. The molecular formula is C42H73N9O16. The summed E-state index contributed by atoms with van der Waals surface area (Å²) in [5.74, 6) is -10.2. The summed E-state index contributed by atoms with van der Waals surface area (Å²) >= 11 is 0. The molecule has 9 amide bonds. The molecule has 7 atom stereocenters. The molecular weight excluding hydrogens is 887 g/mol. The zero-order chi connectivity index (χ0) is 50.5. The fraction of sp³-hybridized carbons (Fsp3) is 0.762. The highest BCUT2D eigenvalue weighted by Crippen LogP contribution is 2.13. The molecule has 25 heteroatoms. The molecule has 0 bridgehead atoms. The third kappa shape index (κ3) is 23.7. The van der Waals surface area contributed by atoms with Crippen LogP contribution < -0.4 is 37.2 Å². The molecule has 1 rings (SSSR count). The average molecular weight is 960 g/mol. The summed E-state index contributed by atoms with van der Waals surface area (Å²) in [4.78, 5) is 127. The second kappa shape index (κ2) is 33.1. The summed E-state index contributed by atoms with van der Waals surface area (Å²) in [6.45, 7) is 1.27. The maximum atomic E-state index is 13.5. The zero-order valence-corrected chi connectivity index (χ0v) is 38.8. The number of hydroxylamine groups is 4. The summed E-state index contributed by atoms with van der Waals surface area (Å²) < 4.78 is 0. The number of aliphatic hydroxyl groups is 3. The monoisotopic (exact) mass is 960 g/mol. The van der Waals surface area contributed by atoms with E-state index in [0.717, 1.165) is 46.0 Å². The van der Waals surface area contributed by atoms with Crippen molar-refractivity contribution in [1.82, 2.24) is 47.3 Å². The molecule has 0 unspecified atom stereocenters. The van der Waals surface area contributed by atoms with Gasteiger partial charge in [0.25, 0.3) is 5.91 Å². The van der Waals surface area contributed by atoms with E-state index in [4.69, 9.17) is 0 Å². The van der Waals surface area contributed by atoms with Crippen LogP contribution in [0.4, 0.5) is 0 Å². The molecule has 0 aromatic carbocycles. The zero-order valence-electron chi connectivity index (χ0n) is 38.8. The molecule has 1 heterocycles. The van der Waals surface area contributed by atoms with E-state index in [1.54, 1.807) is 0 Å². The molecule has 0 spiro atoms. The van der Waals surface area contributed by atoms with Gasteiger partial charge in [-0.15, -0.1) is 0 Å². The Labute approximate surface area is 389 Å². The van der Waals surface area contributed by atoms with Crippen molar-refractivity contribution in [3.8, 4) is 0 Å². The van der Waals surface area contributed by atoms with Crippen molar-refractivity contribution in [3.05, 3.63) is 0 Å². The number of nitrogens with one attached hydrogen (secondary N) is 7. The van der Waals surface area contributed by atoms with Gasteiger partial charge in [-0.25, -0.2) is 14.9 Å². The van der Waals surface area contributed by atoms with Crippen LogP contribution in [0.15, 0.2) is 0 Å².